The van der Waals surface area contributed by atoms with Crippen LogP contribution in [0.4, 0.5) is 8.78 Å². The van der Waals surface area contributed by atoms with E-state index in [9.17, 15) is 13.4 Å². The first-order valence-electron chi connectivity index (χ1n) is 9.79. The zero-order valence-corrected chi connectivity index (χ0v) is 18.3. The van der Waals surface area contributed by atoms with Crippen LogP contribution in [0.1, 0.15) is 48.2 Å². The molecule has 32 heavy (non-hydrogen) atoms. The van der Waals surface area contributed by atoms with E-state index >= 15 is 4.39 Å². The van der Waals surface area contributed by atoms with Crippen molar-refractivity contribution in [2.45, 2.75) is 25.9 Å². The molecule has 3 atom stereocenters. The van der Waals surface area contributed by atoms with Crippen LogP contribution in [0.25, 0.3) is 11.3 Å². The van der Waals surface area contributed by atoms with Crippen LogP contribution in [0.15, 0.2) is 52.3 Å². The summed E-state index contributed by atoms with van der Waals surface area (Å²) in [6.45, 7) is 3.36. The molecule has 2 heterocycles. The van der Waals surface area contributed by atoms with Gasteiger partial charge in [-0.3, -0.25) is 14.3 Å². The molecule has 3 aromatic rings. The summed E-state index contributed by atoms with van der Waals surface area (Å²) >= 11 is -2.34. The maximum absolute atomic E-state index is 15.2. The fourth-order valence-corrected chi connectivity index (χ4v) is 4.21. The molecule has 7 nitrogen and oxygen atoms in total. The largest absolute Gasteiger partial charge is 0.294 e. The molecule has 4 rings (SSSR count). The Morgan fingerprint density at radius 3 is 2.50 bits per heavy atom. The van der Waals surface area contributed by atoms with Gasteiger partial charge in [-0.05, 0) is 50.2 Å². The average Bonchev–Trinajstić information content (AvgIpc) is 2.83. The van der Waals surface area contributed by atoms with Gasteiger partial charge in [0.25, 0.3) is 5.56 Å². The zero-order valence-electron chi connectivity index (χ0n) is 17.5. The molecule has 0 radical (unpaired) electrons. The molecule has 166 valence electrons. The van der Waals surface area contributed by atoms with Gasteiger partial charge in [-0.15, -0.1) is 0 Å². The van der Waals surface area contributed by atoms with Crippen molar-refractivity contribution in [1.29, 1.82) is 0 Å². The number of aliphatic imine (C=N–C) groups is 1. The normalized spacial score (nSPS) is 17.1. The van der Waals surface area contributed by atoms with Gasteiger partial charge in [0.05, 0.1) is 17.4 Å². The van der Waals surface area contributed by atoms with Crippen molar-refractivity contribution in [1.82, 2.24) is 14.5 Å². The molecule has 0 amide bonds. The molecule has 10 heteroatoms. The second-order valence-corrected chi connectivity index (χ2v) is 8.31. The Bertz CT molecular complexity index is 1320. The highest BCUT2D eigenvalue weighted by Crippen LogP contribution is 2.37. The summed E-state index contributed by atoms with van der Waals surface area (Å²) < 4.78 is 52.6. The van der Waals surface area contributed by atoms with Gasteiger partial charge < -0.3 is 0 Å². The second-order valence-electron chi connectivity index (χ2n) is 7.58. The Morgan fingerprint density at radius 1 is 1.16 bits per heavy atom. The van der Waals surface area contributed by atoms with Crippen molar-refractivity contribution in [3.8, 4) is 11.3 Å². The fraction of sp³-hybridized carbons (Fsp3) is 0.227. The topological polar surface area (TPSA) is 96.6 Å². The SMILES string of the molecule is CC1N=C(c2ccc(F)cc2)c2cc(F)c(C(C)NS(=O)O)cc2-c2nn(C)c(=O)cc21. The molecular formula is C22H20F2N4O3S. The summed E-state index contributed by atoms with van der Waals surface area (Å²) in [5, 5.41) is 4.42. The molecule has 2 aromatic carbocycles. The van der Waals surface area contributed by atoms with Crippen molar-refractivity contribution >= 4 is 17.0 Å². The first-order valence-corrected chi connectivity index (χ1v) is 10.9. The van der Waals surface area contributed by atoms with Crippen LogP contribution in [0, 0.1) is 11.6 Å². The summed E-state index contributed by atoms with van der Waals surface area (Å²) in [7, 11) is 1.52. The lowest BCUT2D eigenvalue weighted by molar-refractivity contribution is 0.526. The highest BCUT2D eigenvalue weighted by Gasteiger charge is 2.27. The Kier molecular flexibility index (Phi) is 5.85. The molecule has 0 saturated heterocycles. The van der Waals surface area contributed by atoms with Crippen LogP contribution >= 0.6 is 0 Å². The molecule has 1 aliphatic rings. The number of aryl methyl sites for hydroxylation is 1. The number of nitrogens with one attached hydrogen (secondary N) is 1. The van der Waals surface area contributed by atoms with Crippen LogP contribution in [0.2, 0.25) is 0 Å². The van der Waals surface area contributed by atoms with E-state index in [0.717, 1.165) is 0 Å². The third-order valence-corrected chi connectivity index (χ3v) is 5.96. The zero-order chi connectivity index (χ0) is 23.2. The minimum atomic E-state index is -2.34. The monoisotopic (exact) mass is 458 g/mol. The van der Waals surface area contributed by atoms with E-state index in [1.54, 1.807) is 32.0 Å². The fourth-order valence-electron chi connectivity index (χ4n) is 3.78. The summed E-state index contributed by atoms with van der Waals surface area (Å²) in [6.07, 6.45) is 0. The maximum Gasteiger partial charge on any atom is 0.266 e. The van der Waals surface area contributed by atoms with Gasteiger partial charge in [-0.1, -0.05) is 0 Å². The van der Waals surface area contributed by atoms with Gasteiger partial charge in [0.1, 0.15) is 11.6 Å². The van der Waals surface area contributed by atoms with E-state index in [1.165, 1.54) is 36.0 Å². The molecule has 3 unspecified atom stereocenters. The Balaban J connectivity index is 2.03. The van der Waals surface area contributed by atoms with E-state index in [2.05, 4.69) is 9.82 Å². The number of halogens is 2. The lowest BCUT2D eigenvalue weighted by Crippen LogP contribution is -2.22. The predicted octanol–water partition coefficient (Wildman–Crippen LogP) is 3.42. The van der Waals surface area contributed by atoms with Crippen molar-refractivity contribution in [2.75, 3.05) is 0 Å². The first kappa shape index (κ1) is 22.1. The smallest absolute Gasteiger partial charge is 0.266 e. The minimum absolute atomic E-state index is 0.153. The summed E-state index contributed by atoms with van der Waals surface area (Å²) in [6, 6.07) is 8.71. The average molecular weight is 458 g/mol. The van der Waals surface area contributed by atoms with Crippen LogP contribution in [-0.2, 0) is 18.3 Å². The minimum Gasteiger partial charge on any atom is -0.294 e. The Hall–Kier alpha value is -3.08. The molecule has 0 saturated carbocycles. The third kappa shape index (κ3) is 4.04. The van der Waals surface area contributed by atoms with E-state index in [4.69, 9.17) is 9.55 Å². The van der Waals surface area contributed by atoms with Gasteiger partial charge in [0, 0.05) is 47.0 Å². The van der Waals surface area contributed by atoms with E-state index in [0.29, 0.717) is 33.7 Å². The van der Waals surface area contributed by atoms with E-state index in [-0.39, 0.29) is 11.1 Å². The molecule has 0 fully saturated rings. The first-order chi connectivity index (χ1) is 15.2. The van der Waals surface area contributed by atoms with E-state index in [1.807, 2.05) is 0 Å². The van der Waals surface area contributed by atoms with Crippen molar-refractivity contribution in [3.63, 3.8) is 0 Å². The molecule has 0 aliphatic carbocycles. The van der Waals surface area contributed by atoms with Gasteiger partial charge in [-0.2, -0.15) is 5.10 Å². The summed E-state index contributed by atoms with van der Waals surface area (Å²) in [5.74, 6) is -1.02. The van der Waals surface area contributed by atoms with Gasteiger partial charge >= 0.3 is 0 Å². The van der Waals surface area contributed by atoms with Crippen LogP contribution < -0.4 is 10.3 Å². The van der Waals surface area contributed by atoms with Crippen LogP contribution in [0.3, 0.4) is 0 Å². The van der Waals surface area contributed by atoms with Crippen molar-refractivity contribution in [3.05, 3.63) is 86.7 Å². The summed E-state index contributed by atoms with van der Waals surface area (Å²) in [5.41, 5.74) is 2.80. The number of hydrogen-bond acceptors (Lipinski definition) is 4. The number of benzene rings is 2. The summed E-state index contributed by atoms with van der Waals surface area (Å²) in [4.78, 5) is 17.0. The molecule has 0 bridgehead atoms. The quantitative estimate of drug-likeness (QED) is 0.586. The van der Waals surface area contributed by atoms with Gasteiger partial charge in [0.2, 0.25) is 11.3 Å². The number of aromatic nitrogens is 2. The maximum atomic E-state index is 15.2. The molecule has 1 aromatic heterocycles. The number of nitrogens with zero attached hydrogens (tertiary/aromatic N) is 3. The van der Waals surface area contributed by atoms with E-state index < -0.39 is 35.0 Å². The Morgan fingerprint density at radius 2 is 1.84 bits per heavy atom. The highest BCUT2D eigenvalue weighted by molar-refractivity contribution is 7.77. The van der Waals surface area contributed by atoms with Crippen molar-refractivity contribution in [2.24, 2.45) is 12.0 Å². The lowest BCUT2D eigenvalue weighted by Gasteiger charge is -2.17. The lowest BCUT2D eigenvalue weighted by atomic mass is 9.91. The van der Waals surface area contributed by atoms with Gasteiger partial charge in [0.15, 0.2) is 0 Å². The van der Waals surface area contributed by atoms with Gasteiger partial charge in [-0.25, -0.2) is 22.4 Å². The standard InChI is InChI=1S/C22H20F2N4O3S/c1-11-16-10-20(29)28(3)26-22(16)17-8-15(12(2)27-32(30)31)19(24)9-18(17)21(25-11)13-4-6-14(23)7-5-13/h4-12,27H,1-3H3,(H,30,31). The third-order valence-electron chi connectivity index (χ3n) is 5.40. The predicted molar refractivity (Wildman–Crippen MR) is 118 cm³/mol. The number of hydrogen-bond donors (Lipinski definition) is 2. The highest BCUT2D eigenvalue weighted by atomic mass is 32.2. The molecule has 1 aliphatic heterocycles. The Labute approximate surface area is 185 Å². The second kappa shape index (κ2) is 8.45. The molecule has 2 N–H and O–H groups in total. The molecule has 0 spiro atoms. The van der Waals surface area contributed by atoms with Crippen LogP contribution in [0.5, 0.6) is 0 Å². The van der Waals surface area contributed by atoms with Crippen molar-refractivity contribution < 1.29 is 17.5 Å². The van der Waals surface area contributed by atoms with Crippen LogP contribution in [-0.4, -0.2) is 24.3 Å². The number of fused-ring (bicyclic) bond motifs is 3. The molecular weight excluding hydrogens is 438 g/mol. The number of rotatable bonds is 4.